The predicted molar refractivity (Wildman–Crippen MR) is 54.0 cm³/mol. The van der Waals surface area contributed by atoms with Crippen molar-refractivity contribution in [3.8, 4) is 6.07 Å². The zero-order valence-corrected chi connectivity index (χ0v) is 7.97. The SMILES string of the molecule is Cc1ccc(F)c2cc(C#N)c(=O)[nH]c12. The van der Waals surface area contributed by atoms with E-state index in [1.807, 2.05) is 0 Å². The molecule has 2 rings (SSSR count). The number of benzene rings is 1. The summed E-state index contributed by atoms with van der Waals surface area (Å²) in [5.74, 6) is -0.441. The number of hydrogen-bond donors (Lipinski definition) is 1. The first-order valence-corrected chi connectivity index (χ1v) is 4.35. The smallest absolute Gasteiger partial charge is 0.266 e. The average molecular weight is 202 g/mol. The molecule has 0 bridgehead atoms. The Kier molecular flexibility index (Phi) is 2.01. The van der Waals surface area contributed by atoms with Gasteiger partial charge in [0.25, 0.3) is 5.56 Å². The molecule has 4 heteroatoms. The number of rotatable bonds is 0. The van der Waals surface area contributed by atoms with E-state index in [-0.39, 0.29) is 10.9 Å². The molecule has 0 aliphatic rings. The average Bonchev–Trinajstić information content (AvgIpc) is 2.23. The van der Waals surface area contributed by atoms with Crippen LogP contribution in [0.3, 0.4) is 0 Å². The third-order valence-electron chi connectivity index (χ3n) is 2.29. The molecule has 2 aromatic rings. The topological polar surface area (TPSA) is 56.6 Å². The van der Waals surface area contributed by atoms with Crippen molar-refractivity contribution in [1.29, 1.82) is 5.26 Å². The van der Waals surface area contributed by atoms with Crippen LogP contribution in [0, 0.1) is 24.1 Å². The third-order valence-corrected chi connectivity index (χ3v) is 2.29. The molecule has 0 radical (unpaired) electrons. The van der Waals surface area contributed by atoms with Crippen molar-refractivity contribution in [1.82, 2.24) is 4.98 Å². The van der Waals surface area contributed by atoms with Gasteiger partial charge in [0.1, 0.15) is 17.4 Å². The molecule has 0 atom stereocenters. The summed E-state index contributed by atoms with van der Waals surface area (Å²) in [6.45, 7) is 1.77. The highest BCUT2D eigenvalue weighted by Gasteiger charge is 2.07. The van der Waals surface area contributed by atoms with Crippen LogP contribution < -0.4 is 5.56 Å². The lowest BCUT2D eigenvalue weighted by molar-refractivity contribution is 0.639. The Morgan fingerprint density at radius 1 is 1.47 bits per heavy atom. The van der Waals surface area contributed by atoms with Crippen LogP contribution >= 0.6 is 0 Å². The molecule has 0 saturated heterocycles. The van der Waals surface area contributed by atoms with Crippen molar-refractivity contribution in [2.45, 2.75) is 6.92 Å². The second-order valence-electron chi connectivity index (χ2n) is 3.28. The van der Waals surface area contributed by atoms with Gasteiger partial charge in [0.15, 0.2) is 0 Å². The molecule has 0 spiro atoms. The van der Waals surface area contributed by atoms with Crippen molar-refractivity contribution in [3.63, 3.8) is 0 Å². The number of halogens is 1. The summed E-state index contributed by atoms with van der Waals surface area (Å²) >= 11 is 0. The number of hydrogen-bond acceptors (Lipinski definition) is 2. The van der Waals surface area contributed by atoms with Gasteiger partial charge >= 0.3 is 0 Å². The van der Waals surface area contributed by atoms with E-state index in [0.717, 1.165) is 5.56 Å². The molecule has 0 aliphatic heterocycles. The number of fused-ring (bicyclic) bond motifs is 1. The maximum absolute atomic E-state index is 13.4. The number of H-pyrrole nitrogens is 1. The first kappa shape index (κ1) is 9.41. The number of nitrogens with one attached hydrogen (secondary N) is 1. The molecule has 15 heavy (non-hydrogen) atoms. The molecule has 0 fully saturated rings. The van der Waals surface area contributed by atoms with Gasteiger partial charge in [0, 0.05) is 5.39 Å². The number of pyridine rings is 1. The highest BCUT2D eigenvalue weighted by Crippen LogP contribution is 2.18. The molecule has 0 unspecified atom stereocenters. The molecule has 1 N–H and O–H groups in total. The van der Waals surface area contributed by atoms with Gasteiger partial charge < -0.3 is 4.98 Å². The molecular formula is C11H7FN2O. The van der Waals surface area contributed by atoms with Gasteiger partial charge in [-0.25, -0.2) is 4.39 Å². The summed E-state index contributed by atoms with van der Waals surface area (Å²) in [7, 11) is 0. The molecule has 0 saturated carbocycles. The van der Waals surface area contributed by atoms with Gasteiger partial charge in [-0.05, 0) is 24.6 Å². The zero-order chi connectivity index (χ0) is 11.0. The molecule has 1 aromatic heterocycles. The molecule has 0 aliphatic carbocycles. The minimum Gasteiger partial charge on any atom is -0.320 e. The monoisotopic (exact) mass is 202 g/mol. The first-order valence-electron chi connectivity index (χ1n) is 4.35. The predicted octanol–water partition coefficient (Wildman–Crippen LogP) is 1.85. The Balaban J connectivity index is 3.01. The largest absolute Gasteiger partial charge is 0.320 e. The quantitative estimate of drug-likeness (QED) is 0.708. The molecule has 1 aromatic carbocycles. The van der Waals surface area contributed by atoms with Crippen LogP contribution in [-0.2, 0) is 0 Å². The highest BCUT2D eigenvalue weighted by molar-refractivity contribution is 5.83. The van der Waals surface area contributed by atoms with Crippen LogP contribution in [-0.4, -0.2) is 4.98 Å². The van der Waals surface area contributed by atoms with Crippen LogP contribution in [0.5, 0.6) is 0 Å². The summed E-state index contributed by atoms with van der Waals surface area (Å²) in [5.41, 5.74) is 0.651. The molecule has 3 nitrogen and oxygen atoms in total. The normalized spacial score (nSPS) is 10.2. The number of nitriles is 1. The molecule has 1 heterocycles. The summed E-state index contributed by atoms with van der Waals surface area (Å²) < 4.78 is 13.4. The van der Waals surface area contributed by atoms with Crippen LogP contribution in [0.2, 0.25) is 0 Å². The van der Waals surface area contributed by atoms with Gasteiger partial charge in [0.2, 0.25) is 0 Å². The van der Waals surface area contributed by atoms with Crippen LogP contribution in [0.15, 0.2) is 23.0 Å². The number of nitrogens with zero attached hydrogens (tertiary/aromatic N) is 1. The van der Waals surface area contributed by atoms with Gasteiger partial charge in [-0.15, -0.1) is 0 Å². The maximum atomic E-state index is 13.4. The fourth-order valence-corrected chi connectivity index (χ4v) is 1.48. The van der Waals surface area contributed by atoms with Gasteiger partial charge in [-0.2, -0.15) is 5.26 Å². The van der Waals surface area contributed by atoms with Crippen molar-refractivity contribution < 1.29 is 4.39 Å². The van der Waals surface area contributed by atoms with Crippen LogP contribution in [0.4, 0.5) is 4.39 Å². The Bertz CT molecular complexity index is 637. The van der Waals surface area contributed by atoms with E-state index in [1.54, 1.807) is 19.1 Å². The number of aromatic nitrogens is 1. The second kappa shape index (κ2) is 3.21. The molecule has 74 valence electrons. The van der Waals surface area contributed by atoms with E-state index in [0.29, 0.717) is 5.52 Å². The number of aryl methyl sites for hydroxylation is 1. The summed E-state index contributed by atoms with van der Waals surface area (Å²) in [6, 6.07) is 5.90. The summed E-state index contributed by atoms with van der Waals surface area (Å²) in [4.78, 5) is 13.8. The highest BCUT2D eigenvalue weighted by atomic mass is 19.1. The van der Waals surface area contributed by atoms with Gasteiger partial charge in [0.05, 0.1) is 5.52 Å². The third kappa shape index (κ3) is 1.38. The lowest BCUT2D eigenvalue weighted by Crippen LogP contribution is -2.10. The Hall–Kier alpha value is -2.15. The minimum absolute atomic E-state index is 0.0769. The van der Waals surface area contributed by atoms with Crippen molar-refractivity contribution in [2.75, 3.05) is 0 Å². The van der Waals surface area contributed by atoms with E-state index in [2.05, 4.69) is 4.98 Å². The van der Waals surface area contributed by atoms with Crippen LogP contribution in [0.25, 0.3) is 10.9 Å². The second-order valence-corrected chi connectivity index (χ2v) is 3.28. The summed E-state index contributed by atoms with van der Waals surface area (Å²) in [5, 5.41) is 8.92. The Morgan fingerprint density at radius 2 is 2.20 bits per heavy atom. The fraction of sp³-hybridized carbons (Fsp3) is 0.0909. The zero-order valence-electron chi connectivity index (χ0n) is 7.97. The Morgan fingerprint density at radius 3 is 2.87 bits per heavy atom. The van der Waals surface area contributed by atoms with E-state index in [9.17, 15) is 9.18 Å². The fourth-order valence-electron chi connectivity index (χ4n) is 1.48. The van der Waals surface area contributed by atoms with E-state index < -0.39 is 11.4 Å². The van der Waals surface area contributed by atoms with Gasteiger partial charge in [-0.1, -0.05) is 6.07 Å². The van der Waals surface area contributed by atoms with Crippen molar-refractivity contribution in [3.05, 3.63) is 45.5 Å². The Labute approximate surface area is 84.8 Å². The number of aromatic amines is 1. The van der Waals surface area contributed by atoms with E-state index in [4.69, 9.17) is 5.26 Å². The lowest BCUT2D eigenvalue weighted by Gasteiger charge is -2.02. The van der Waals surface area contributed by atoms with Crippen molar-refractivity contribution >= 4 is 10.9 Å². The first-order chi connectivity index (χ1) is 7.13. The standard InChI is InChI=1S/C11H7FN2O/c1-6-2-3-9(12)8-4-7(5-13)11(15)14-10(6)8/h2-4H,1H3,(H,14,15). The van der Waals surface area contributed by atoms with Gasteiger partial charge in [-0.3, -0.25) is 4.79 Å². The maximum Gasteiger partial charge on any atom is 0.266 e. The molecule has 0 amide bonds. The van der Waals surface area contributed by atoms with Crippen molar-refractivity contribution in [2.24, 2.45) is 0 Å². The molecular weight excluding hydrogens is 195 g/mol. The summed E-state index contributed by atoms with van der Waals surface area (Å²) in [6.07, 6.45) is 0. The van der Waals surface area contributed by atoms with E-state index >= 15 is 0 Å². The van der Waals surface area contributed by atoms with E-state index in [1.165, 1.54) is 12.1 Å². The minimum atomic E-state index is -0.487. The lowest BCUT2D eigenvalue weighted by atomic mass is 10.1. The van der Waals surface area contributed by atoms with Crippen LogP contribution in [0.1, 0.15) is 11.1 Å².